The third-order valence-corrected chi connectivity index (χ3v) is 1.99. The van der Waals surface area contributed by atoms with E-state index in [9.17, 15) is 0 Å². The van der Waals surface area contributed by atoms with Gasteiger partial charge in [-0.1, -0.05) is 5.21 Å². The van der Waals surface area contributed by atoms with Crippen molar-refractivity contribution in [2.75, 3.05) is 20.6 Å². The molecule has 0 saturated heterocycles. The van der Waals surface area contributed by atoms with Crippen molar-refractivity contribution in [1.82, 2.24) is 19.9 Å². The molecule has 4 nitrogen and oxygen atoms in total. The van der Waals surface area contributed by atoms with Gasteiger partial charge in [0, 0.05) is 12.7 Å². The van der Waals surface area contributed by atoms with Crippen molar-refractivity contribution >= 4 is 11.6 Å². The van der Waals surface area contributed by atoms with Gasteiger partial charge in [0.25, 0.3) is 0 Å². The highest BCUT2D eigenvalue weighted by Gasteiger charge is 1.98. The van der Waals surface area contributed by atoms with Crippen molar-refractivity contribution in [2.45, 2.75) is 18.8 Å². The summed E-state index contributed by atoms with van der Waals surface area (Å²) in [5.74, 6) is 0.438. The first-order valence-corrected chi connectivity index (χ1v) is 4.85. The molecule has 0 aliphatic carbocycles. The van der Waals surface area contributed by atoms with Crippen LogP contribution >= 0.6 is 11.6 Å². The van der Waals surface area contributed by atoms with E-state index < -0.39 is 0 Å². The lowest BCUT2D eigenvalue weighted by Gasteiger charge is -2.07. The highest BCUT2D eigenvalue weighted by atomic mass is 35.5. The van der Waals surface area contributed by atoms with Crippen molar-refractivity contribution in [3.8, 4) is 0 Å². The zero-order chi connectivity index (χ0) is 9.68. The predicted molar refractivity (Wildman–Crippen MR) is 52.8 cm³/mol. The minimum absolute atomic E-state index is 0.438. The van der Waals surface area contributed by atoms with Gasteiger partial charge in [0.15, 0.2) is 0 Å². The molecule has 0 aliphatic heterocycles. The van der Waals surface area contributed by atoms with Gasteiger partial charge < -0.3 is 4.90 Å². The summed E-state index contributed by atoms with van der Waals surface area (Å²) < 4.78 is 1.83. The standard InChI is InChI=1S/C8H15ClN4/c1-12(2)4-3-5-13-7-8(6-9)10-11-13/h7H,3-6H2,1-2H3. The summed E-state index contributed by atoms with van der Waals surface area (Å²) in [4.78, 5) is 2.15. The SMILES string of the molecule is CN(C)CCCn1cc(CCl)nn1. The molecule has 0 atom stereocenters. The highest BCUT2D eigenvalue weighted by Crippen LogP contribution is 1.98. The van der Waals surface area contributed by atoms with Gasteiger partial charge in [-0.15, -0.1) is 16.7 Å². The van der Waals surface area contributed by atoms with Gasteiger partial charge in [0.2, 0.25) is 0 Å². The second-order valence-electron chi connectivity index (χ2n) is 3.26. The molecule has 1 heterocycles. The van der Waals surface area contributed by atoms with Crippen molar-refractivity contribution < 1.29 is 0 Å². The summed E-state index contributed by atoms with van der Waals surface area (Å²) >= 11 is 5.60. The number of rotatable bonds is 5. The quantitative estimate of drug-likeness (QED) is 0.668. The van der Waals surface area contributed by atoms with Crippen LogP contribution in [0.15, 0.2) is 6.20 Å². The minimum atomic E-state index is 0.438. The summed E-state index contributed by atoms with van der Waals surface area (Å²) in [6.07, 6.45) is 2.97. The largest absolute Gasteiger partial charge is 0.309 e. The van der Waals surface area contributed by atoms with Crippen LogP contribution in [-0.2, 0) is 12.4 Å². The lowest BCUT2D eigenvalue weighted by atomic mass is 10.4. The molecule has 0 spiro atoms. The molecule has 0 bridgehead atoms. The predicted octanol–water partition coefficient (Wildman–Crippen LogP) is 0.969. The van der Waals surface area contributed by atoms with Crippen LogP contribution in [0.3, 0.4) is 0 Å². The molecule has 0 fully saturated rings. The second kappa shape index (κ2) is 5.19. The number of aryl methyl sites for hydroxylation is 1. The molecule has 0 N–H and O–H groups in total. The van der Waals surface area contributed by atoms with Crippen molar-refractivity contribution in [3.63, 3.8) is 0 Å². The normalized spacial score (nSPS) is 11.1. The molecule has 5 heteroatoms. The Hall–Kier alpha value is -0.610. The zero-order valence-electron chi connectivity index (χ0n) is 8.07. The molecule has 0 aliphatic rings. The van der Waals surface area contributed by atoms with Crippen LogP contribution in [0.2, 0.25) is 0 Å². The van der Waals surface area contributed by atoms with E-state index in [1.165, 1.54) is 0 Å². The fourth-order valence-electron chi connectivity index (χ4n) is 1.06. The van der Waals surface area contributed by atoms with Gasteiger partial charge in [0.05, 0.1) is 11.6 Å². The van der Waals surface area contributed by atoms with Crippen molar-refractivity contribution in [2.24, 2.45) is 0 Å². The molecular weight excluding hydrogens is 188 g/mol. The molecule has 0 amide bonds. The fraction of sp³-hybridized carbons (Fsp3) is 0.750. The lowest BCUT2D eigenvalue weighted by Crippen LogP contribution is -2.15. The summed E-state index contributed by atoms with van der Waals surface area (Å²) in [7, 11) is 4.12. The summed E-state index contributed by atoms with van der Waals surface area (Å²) in [6.45, 7) is 1.97. The second-order valence-corrected chi connectivity index (χ2v) is 3.53. The number of aromatic nitrogens is 3. The Balaban J connectivity index is 2.28. The average Bonchev–Trinajstić information content (AvgIpc) is 2.52. The molecule has 1 aromatic heterocycles. The number of hydrogen-bond donors (Lipinski definition) is 0. The van der Waals surface area contributed by atoms with Gasteiger partial charge in [-0.3, -0.25) is 4.68 Å². The van der Waals surface area contributed by atoms with Gasteiger partial charge in [-0.05, 0) is 27.1 Å². The average molecular weight is 203 g/mol. The van der Waals surface area contributed by atoms with Crippen LogP contribution in [0, 0.1) is 0 Å². The maximum absolute atomic E-state index is 5.60. The summed E-state index contributed by atoms with van der Waals surface area (Å²) in [5, 5.41) is 7.85. The number of nitrogens with zero attached hydrogens (tertiary/aromatic N) is 4. The topological polar surface area (TPSA) is 34.0 Å². The maximum atomic E-state index is 5.60. The van der Waals surface area contributed by atoms with E-state index in [-0.39, 0.29) is 0 Å². The van der Waals surface area contributed by atoms with E-state index in [1.807, 2.05) is 10.9 Å². The number of alkyl halides is 1. The minimum Gasteiger partial charge on any atom is -0.309 e. The number of hydrogen-bond acceptors (Lipinski definition) is 3. The van der Waals surface area contributed by atoms with E-state index in [0.29, 0.717) is 5.88 Å². The fourth-order valence-corrected chi connectivity index (χ4v) is 1.18. The van der Waals surface area contributed by atoms with Crippen LogP contribution in [0.1, 0.15) is 12.1 Å². The molecule has 0 unspecified atom stereocenters. The molecule has 13 heavy (non-hydrogen) atoms. The van der Waals surface area contributed by atoms with E-state index >= 15 is 0 Å². The zero-order valence-corrected chi connectivity index (χ0v) is 8.83. The highest BCUT2D eigenvalue weighted by molar-refractivity contribution is 6.16. The van der Waals surface area contributed by atoms with Crippen LogP contribution in [0.4, 0.5) is 0 Å². The summed E-state index contributed by atoms with van der Waals surface area (Å²) in [5.41, 5.74) is 0.839. The molecule has 0 radical (unpaired) electrons. The Morgan fingerprint density at radius 3 is 2.85 bits per heavy atom. The van der Waals surface area contributed by atoms with Gasteiger partial charge in [0.1, 0.15) is 0 Å². The Bertz CT molecular complexity index is 246. The van der Waals surface area contributed by atoms with Gasteiger partial charge in [-0.25, -0.2) is 0 Å². The molecule has 1 rings (SSSR count). The Labute approximate surface area is 83.5 Å². The summed E-state index contributed by atoms with van der Waals surface area (Å²) in [6, 6.07) is 0. The Morgan fingerprint density at radius 2 is 2.31 bits per heavy atom. The van der Waals surface area contributed by atoms with Gasteiger partial charge >= 0.3 is 0 Å². The van der Waals surface area contributed by atoms with E-state index in [0.717, 1.165) is 25.2 Å². The first-order valence-electron chi connectivity index (χ1n) is 4.32. The van der Waals surface area contributed by atoms with E-state index in [1.54, 1.807) is 0 Å². The van der Waals surface area contributed by atoms with Crippen molar-refractivity contribution in [3.05, 3.63) is 11.9 Å². The third-order valence-electron chi connectivity index (χ3n) is 1.72. The Morgan fingerprint density at radius 1 is 1.54 bits per heavy atom. The van der Waals surface area contributed by atoms with Crippen LogP contribution < -0.4 is 0 Å². The van der Waals surface area contributed by atoms with Crippen molar-refractivity contribution in [1.29, 1.82) is 0 Å². The molecular formula is C8H15ClN4. The Kier molecular flexibility index (Phi) is 4.18. The number of halogens is 1. The monoisotopic (exact) mass is 202 g/mol. The molecule has 1 aromatic rings. The molecule has 0 aromatic carbocycles. The third kappa shape index (κ3) is 3.74. The first kappa shape index (κ1) is 10.5. The smallest absolute Gasteiger partial charge is 0.0974 e. The van der Waals surface area contributed by atoms with Crippen LogP contribution in [0.5, 0.6) is 0 Å². The lowest BCUT2D eigenvalue weighted by molar-refractivity contribution is 0.379. The molecule has 0 saturated carbocycles. The molecule has 74 valence electrons. The maximum Gasteiger partial charge on any atom is 0.0974 e. The van der Waals surface area contributed by atoms with Crippen LogP contribution in [0.25, 0.3) is 0 Å². The van der Waals surface area contributed by atoms with E-state index in [4.69, 9.17) is 11.6 Å². The van der Waals surface area contributed by atoms with Gasteiger partial charge in [-0.2, -0.15) is 0 Å². The first-order chi connectivity index (χ1) is 6.22. The van der Waals surface area contributed by atoms with E-state index in [2.05, 4.69) is 29.3 Å². The van der Waals surface area contributed by atoms with Crippen LogP contribution in [-0.4, -0.2) is 40.5 Å².